The second kappa shape index (κ2) is 7.78. The van der Waals surface area contributed by atoms with Gasteiger partial charge in [-0.15, -0.1) is 0 Å². The lowest BCUT2D eigenvalue weighted by atomic mass is 10.2. The van der Waals surface area contributed by atoms with E-state index in [1.807, 2.05) is 22.8 Å². The van der Waals surface area contributed by atoms with E-state index in [0.29, 0.717) is 16.3 Å². The van der Waals surface area contributed by atoms with Crippen molar-refractivity contribution in [1.82, 2.24) is 19.7 Å². The molecule has 0 saturated carbocycles. The monoisotopic (exact) mass is 350 g/mol. The highest BCUT2D eigenvalue weighted by molar-refractivity contribution is 7.71. The van der Waals surface area contributed by atoms with Crippen LogP contribution in [0.1, 0.15) is 0 Å². The molecule has 0 aliphatic carbocycles. The van der Waals surface area contributed by atoms with E-state index in [1.54, 1.807) is 14.2 Å². The third-order valence-electron chi connectivity index (χ3n) is 4.14. The molecule has 0 atom stereocenters. The van der Waals surface area contributed by atoms with E-state index in [9.17, 15) is 0 Å². The Morgan fingerprint density at radius 3 is 2.62 bits per heavy atom. The third kappa shape index (κ3) is 3.61. The molecular formula is C16H22N4O3S. The van der Waals surface area contributed by atoms with E-state index in [-0.39, 0.29) is 0 Å². The van der Waals surface area contributed by atoms with Crippen molar-refractivity contribution < 1.29 is 14.2 Å². The van der Waals surface area contributed by atoms with Crippen molar-refractivity contribution in [1.29, 1.82) is 0 Å². The number of aromatic amines is 1. The summed E-state index contributed by atoms with van der Waals surface area (Å²) in [4.78, 5) is 2.37. The van der Waals surface area contributed by atoms with Gasteiger partial charge in [0.05, 0.1) is 27.4 Å². The van der Waals surface area contributed by atoms with E-state index < -0.39 is 0 Å². The molecule has 1 aliphatic heterocycles. The number of rotatable bonds is 6. The maximum Gasteiger partial charge on any atom is 0.195 e. The molecule has 8 heteroatoms. The van der Waals surface area contributed by atoms with E-state index in [4.69, 9.17) is 26.4 Å². The highest BCUT2D eigenvalue weighted by atomic mass is 32.1. The minimum Gasteiger partial charge on any atom is -0.493 e. The van der Waals surface area contributed by atoms with Gasteiger partial charge in [0.1, 0.15) is 0 Å². The summed E-state index contributed by atoms with van der Waals surface area (Å²) in [5, 5.41) is 7.28. The molecule has 0 unspecified atom stereocenters. The summed E-state index contributed by atoms with van der Waals surface area (Å²) in [6.45, 7) is 5.18. The van der Waals surface area contributed by atoms with Crippen LogP contribution in [0.3, 0.4) is 0 Å². The molecule has 1 aliphatic rings. The van der Waals surface area contributed by atoms with E-state index in [2.05, 4.69) is 15.1 Å². The van der Waals surface area contributed by atoms with Crippen molar-refractivity contribution in [3.63, 3.8) is 0 Å². The third-order valence-corrected chi connectivity index (χ3v) is 4.46. The van der Waals surface area contributed by atoms with Gasteiger partial charge in [0.25, 0.3) is 0 Å². The van der Waals surface area contributed by atoms with Gasteiger partial charge < -0.3 is 14.2 Å². The second-order valence-electron chi connectivity index (χ2n) is 5.53. The first-order valence-corrected chi connectivity index (χ1v) is 8.31. The average Bonchev–Trinajstić information content (AvgIpc) is 3.00. The molecule has 24 heavy (non-hydrogen) atoms. The van der Waals surface area contributed by atoms with Gasteiger partial charge in [-0.05, 0) is 30.4 Å². The van der Waals surface area contributed by atoms with Crippen LogP contribution in [0.5, 0.6) is 11.5 Å². The average molecular weight is 350 g/mol. The maximum absolute atomic E-state index is 5.40. The van der Waals surface area contributed by atoms with Crippen LogP contribution in [-0.2, 0) is 11.3 Å². The fourth-order valence-corrected chi connectivity index (χ4v) is 3.01. The molecular weight excluding hydrogens is 328 g/mol. The molecule has 0 radical (unpaired) electrons. The number of nitrogens with zero attached hydrogens (tertiary/aromatic N) is 3. The Morgan fingerprint density at radius 2 is 1.92 bits per heavy atom. The van der Waals surface area contributed by atoms with Gasteiger partial charge in [0.2, 0.25) is 0 Å². The van der Waals surface area contributed by atoms with Gasteiger partial charge in [-0.25, -0.2) is 0 Å². The van der Waals surface area contributed by atoms with Crippen molar-refractivity contribution in [2.24, 2.45) is 0 Å². The normalized spacial score (nSPS) is 15.4. The van der Waals surface area contributed by atoms with Gasteiger partial charge in [-0.1, -0.05) is 0 Å². The summed E-state index contributed by atoms with van der Waals surface area (Å²) in [6.07, 6.45) is 0. The zero-order valence-electron chi connectivity index (χ0n) is 13.9. The Morgan fingerprint density at radius 1 is 1.17 bits per heavy atom. The van der Waals surface area contributed by atoms with E-state index in [1.165, 1.54) is 0 Å². The van der Waals surface area contributed by atoms with Crippen LogP contribution in [0, 0.1) is 4.77 Å². The van der Waals surface area contributed by atoms with Crippen LogP contribution < -0.4 is 9.47 Å². The summed E-state index contributed by atoms with van der Waals surface area (Å²) in [6, 6.07) is 5.74. The quantitative estimate of drug-likeness (QED) is 0.804. The fourth-order valence-electron chi connectivity index (χ4n) is 2.79. The number of ether oxygens (including phenoxy) is 3. The van der Waals surface area contributed by atoms with E-state index in [0.717, 1.165) is 50.8 Å². The van der Waals surface area contributed by atoms with Crippen LogP contribution >= 0.6 is 12.2 Å². The summed E-state index contributed by atoms with van der Waals surface area (Å²) < 4.78 is 18.7. The van der Waals surface area contributed by atoms with Crippen molar-refractivity contribution >= 4 is 12.2 Å². The molecule has 7 nitrogen and oxygen atoms in total. The molecule has 2 heterocycles. The van der Waals surface area contributed by atoms with Gasteiger partial charge >= 0.3 is 0 Å². The highest BCUT2D eigenvalue weighted by Crippen LogP contribution is 2.31. The summed E-state index contributed by atoms with van der Waals surface area (Å²) in [5.41, 5.74) is 0.932. The van der Waals surface area contributed by atoms with Crippen LogP contribution in [0.4, 0.5) is 0 Å². The first-order chi connectivity index (χ1) is 11.7. The second-order valence-corrected chi connectivity index (χ2v) is 5.91. The number of methoxy groups -OCH3 is 2. The largest absolute Gasteiger partial charge is 0.493 e. The maximum atomic E-state index is 5.40. The summed E-state index contributed by atoms with van der Waals surface area (Å²) in [5.74, 6) is 2.16. The summed E-state index contributed by atoms with van der Waals surface area (Å²) >= 11 is 5.40. The first kappa shape index (κ1) is 16.9. The van der Waals surface area contributed by atoms with Crippen LogP contribution in [0.2, 0.25) is 0 Å². The topological polar surface area (TPSA) is 64.5 Å². The van der Waals surface area contributed by atoms with Crippen LogP contribution in [0.25, 0.3) is 11.4 Å². The van der Waals surface area contributed by atoms with Crippen molar-refractivity contribution in [2.45, 2.75) is 6.54 Å². The van der Waals surface area contributed by atoms with Crippen molar-refractivity contribution in [3.05, 3.63) is 23.0 Å². The van der Waals surface area contributed by atoms with Crippen molar-refractivity contribution in [3.8, 4) is 22.9 Å². The van der Waals surface area contributed by atoms with Gasteiger partial charge in [0.15, 0.2) is 22.1 Å². The molecule has 3 rings (SSSR count). The standard InChI is InChI=1S/C16H22N4O3S/c1-21-13-4-3-12(11-14(13)22-2)15-17-18-16(24)20(15)6-5-19-7-9-23-10-8-19/h3-4,11H,5-10H2,1-2H3,(H,18,24). The lowest BCUT2D eigenvalue weighted by molar-refractivity contribution is 0.0364. The predicted molar refractivity (Wildman–Crippen MR) is 93.2 cm³/mol. The number of hydrogen-bond acceptors (Lipinski definition) is 6. The number of aromatic nitrogens is 3. The number of H-pyrrole nitrogens is 1. The predicted octanol–water partition coefficient (Wildman–Crippen LogP) is 1.96. The number of nitrogens with one attached hydrogen (secondary N) is 1. The van der Waals surface area contributed by atoms with Gasteiger partial charge in [0, 0.05) is 31.7 Å². The fraction of sp³-hybridized carbons (Fsp3) is 0.500. The number of morpholine rings is 1. The number of benzene rings is 1. The molecule has 0 bridgehead atoms. The minimum absolute atomic E-state index is 0.619. The smallest absolute Gasteiger partial charge is 0.195 e. The SMILES string of the molecule is COc1ccc(-c2n[nH]c(=S)n2CCN2CCOCC2)cc1OC. The van der Waals surface area contributed by atoms with Gasteiger partial charge in [-0.2, -0.15) is 5.10 Å². The molecule has 130 valence electrons. The van der Waals surface area contributed by atoms with Crippen LogP contribution in [0.15, 0.2) is 18.2 Å². The Hall–Kier alpha value is -1.90. The molecule has 2 aromatic rings. The number of hydrogen-bond donors (Lipinski definition) is 1. The Balaban J connectivity index is 1.82. The molecule has 1 aromatic heterocycles. The molecule has 1 N–H and O–H groups in total. The zero-order chi connectivity index (χ0) is 16.9. The molecule has 0 amide bonds. The lowest BCUT2D eigenvalue weighted by Crippen LogP contribution is -2.38. The molecule has 1 fully saturated rings. The first-order valence-electron chi connectivity index (χ1n) is 7.90. The molecule has 0 spiro atoms. The van der Waals surface area contributed by atoms with E-state index >= 15 is 0 Å². The Bertz CT molecular complexity index is 737. The highest BCUT2D eigenvalue weighted by Gasteiger charge is 2.15. The Kier molecular flexibility index (Phi) is 5.49. The minimum atomic E-state index is 0.619. The zero-order valence-corrected chi connectivity index (χ0v) is 14.8. The van der Waals surface area contributed by atoms with Gasteiger partial charge in [-0.3, -0.25) is 14.6 Å². The molecule has 1 saturated heterocycles. The Labute approximate surface area is 146 Å². The van der Waals surface area contributed by atoms with Crippen molar-refractivity contribution in [2.75, 3.05) is 47.1 Å². The lowest BCUT2D eigenvalue weighted by Gasteiger charge is -2.26. The van der Waals surface area contributed by atoms with Crippen LogP contribution in [-0.4, -0.2) is 66.7 Å². The molecule has 1 aromatic carbocycles. The summed E-state index contributed by atoms with van der Waals surface area (Å²) in [7, 11) is 3.24.